The Kier molecular flexibility index (Phi) is 11.3. The molecule has 3 heterocycles. The van der Waals surface area contributed by atoms with E-state index in [1.807, 2.05) is 44.2 Å². The first-order valence-electron chi connectivity index (χ1n) is 16.6. The molecule has 2 bridgehead atoms. The molecule has 2 aromatic carbocycles. The number of morpholine rings is 1. The molecule has 14 heteroatoms. The number of furan rings is 1. The van der Waals surface area contributed by atoms with Crippen molar-refractivity contribution in [2.45, 2.75) is 57.9 Å². The molecule has 0 saturated carbocycles. The summed E-state index contributed by atoms with van der Waals surface area (Å²) in [7, 11) is 4.45. The largest absolute Gasteiger partial charge is 0.493 e. The van der Waals surface area contributed by atoms with Crippen molar-refractivity contribution < 1.29 is 42.6 Å². The molecule has 5 rings (SSSR count). The Morgan fingerprint density at radius 2 is 1.70 bits per heavy atom. The molecular weight excluding hydrogens is 646 g/mol. The van der Waals surface area contributed by atoms with Crippen LogP contribution in [0.15, 0.2) is 46.9 Å². The van der Waals surface area contributed by atoms with Gasteiger partial charge in [-0.15, -0.1) is 0 Å². The number of amides is 5. The Bertz CT molecular complexity index is 1740. The molecule has 0 unspecified atom stereocenters. The average Bonchev–Trinajstić information content (AvgIpc) is 3.44. The monoisotopic (exact) mass is 691 g/mol. The second-order valence-corrected chi connectivity index (χ2v) is 13.1. The van der Waals surface area contributed by atoms with E-state index in [-0.39, 0.29) is 44.3 Å². The van der Waals surface area contributed by atoms with E-state index in [0.717, 1.165) is 5.56 Å². The van der Waals surface area contributed by atoms with Gasteiger partial charge in [-0.25, -0.2) is 0 Å². The molecule has 1 aromatic heterocycles. The Morgan fingerprint density at radius 1 is 0.960 bits per heavy atom. The summed E-state index contributed by atoms with van der Waals surface area (Å²) < 4.78 is 23.2. The van der Waals surface area contributed by atoms with E-state index in [2.05, 4.69) is 16.0 Å². The Labute approximate surface area is 290 Å². The summed E-state index contributed by atoms with van der Waals surface area (Å²) in [6.07, 6.45) is -1.50. The van der Waals surface area contributed by atoms with E-state index < -0.39 is 53.8 Å². The molecule has 5 amide bonds. The topological polar surface area (TPSA) is 169 Å². The molecule has 2 aliphatic rings. The third-order valence-electron chi connectivity index (χ3n) is 8.91. The maximum Gasteiger partial charge on any atom is 0.290 e. The summed E-state index contributed by atoms with van der Waals surface area (Å²) in [6, 6.07) is 10.8. The van der Waals surface area contributed by atoms with Gasteiger partial charge in [-0.3, -0.25) is 24.0 Å². The van der Waals surface area contributed by atoms with Crippen LogP contribution in [0.4, 0.5) is 0 Å². The number of ether oxygens (including phenoxy) is 3. The van der Waals surface area contributed by atoms with Crippen molar-refractivity contribution in [2.75, 3.05) is 47.4 Å². The fourth-order valence-corrected chi connectivity index (χ4v) is 6.36. The lowest BCUT2D eigenvalue weighted by Crippen LogP contribution is -2.59. The molecule has 0 aliphatic carbocycles. The summed E-state index contributed by atoms with van der Waals surface area (Å²) in [5, 5.41) is 9.08. The first kappa shape index (κ1) is 36.2. The Balaban J connectivity index is 1.49. The zero-order chi connectivity index (χ0) is 36.1. The number of nitrogens with one attached hydrogen (secondary N) is 3. The van der Waals surface area contributed by atoms with E-state index in [1.165, 1.54) is 31.1 Å². The Morgan fingerprint density at radius 3 is 2.38 bits per heavy atom. The van der Waals surface area contributed by atoms with Crippen LogP contribution in [0.3, 0.4) is 0 Å². The predicted octanol–water partition coefficient (Wildman–Crippen LogP) is 1.81. The average molecular weight is 692 g/mol. The molecule has 2 saturated heterocycles. The molecule has 2 aliphatic heterocycles. The van der Waals surface area contributed by atoms with Crippen LogP contribution in [0.2, 0.25) is 0 Å². The van der Waals surface area contributed by atoms with Gasteiger partial charge < -0.3 is 44.4 Å². The Hall–Kier alpha value is -5.11. The summed E-state index contributed by atoms with van der Waals surface area (Å²) in [5.74, 6) is -1.66. The lowest BCUT2D eigenvalue weighted by molar-refractivity contribution is -0.148. The van der Waals surface area contributed by atoms with Gasteiger partial charge in [0.25, 0.3) is 11.8 Å². The van der Waals surface area contributed by atoms with Crippen molar-refractivity contribution in [1.29, 1.82) is 0 Å². The van der Waals surface area contributed by atoms with Crippen molar-refractivity contribution in [3.05, 3.63) is 59.4 Å². The highest BCUT2D eigenvalue weighted by molar-refractivity contribution is 6.01. The molecule has 0 radical (unpaired) electrons. The number of carbonyl (C=O) groups excluding carboxylic acids is 5. The number of nitrogens with zero attached hydrogens (tertiary/aromatic N) is 2. The van der Waals surface area contributed by atoms with Gasteiger partial charge in [-0.1, -0.05) is 44.2 Å². The van der Waals surface area contributed by atoms with Gasteiger partial charge in [0.05, 0.1) is 33.4 Å². The van der Waals surface area contributed by atoms with Crippen molar-refractivity contribution in [3.8, 4) is 11.5 Å². The molecular formula is C36H45N5O9. The summed E-state index contributed by atoms with van der Waals surface area (Å²) in [5.41, 5.74) is 1.71. The highest BCUT2D eigenvalue weighted by Gasteiger charge is 2.39. The molecule has 3 N–H and O–H groups in total. The molecule has 50 heavy (non-hydrogen) atoms. The smallest absolute Gasteiger partial charge is 0.290 e. The number of rotatable bonds is 7. The number of methoxy groups -OCH3 is 2. The second kappa shape index (κ2) is 15.6. The van der Waals surface area contributed by atoms with E-state index in [4.69, 9.17) is 18.6 Å². The first-order chi connectivity index (χ1) is 23.9. The summed E-state index contributed by atoms with van der Waals surface area (Å²) in [6.45, 7) is 5.13. The number of hydrogen-bond acceptors (Lipinski definition) is 9. The number of aryl methyl sites for hydroxylation is 1. The van der Waals surface area contributed by atoms with Crippen LogP contribution >= 0.6 is 0 Å². The fraction of sp³-hybridized carbons (Fsp3) is 0.472. The van der Waals surface area contributed by atoms with Crippen LogP contribution in [0, 0.1) is 12.8 Å². The standard InChI is InChI=1S/C36H45N5O9/c1-20(2)14-25-33(43)37-16-23-17-41(36(46)30-21(3)24-12-13-27(47-5)32(48-6)31(24)50-30)18-28(49-23)34(44)39-26(15-22-10-8-7-9-11-22)35(45)40(4)19-29(42)38-25/h7-13,20,23,25-26,28H,14-19H2,1-6H3,(H,37,43)(H,38,42)(H,39,44)/t23-,25+,26-,28-/m1/s1. The minimum absolute atomic E-state index is 0.0240. The van der Waals surface area contributed by atoms with E-state index >= 15 is 0 Å². The molecule has 3 aromatic rings. The number of hydrogen-bond donors (Lipinski definition) is 3. The summed E-state index contributed by atoms with van der Waals surface area (Å²) >= 11 is 0. The van der Waals surface area contributed by atoms with Crippen LogP contribution in [-0.2, 0) is 30.3 Å². The van der Waals surface area contributed by atoms with E-state index in [1.54, 1.807) is 19.1 Å². The van der Waals surface area contributed by atoms with Crippen molar-refractivity contribution in [1.82, 2.24) is 25.8 Å². The van der Waals surface area contributed by atoms with Crippen LogP contribution < -0.4 is 25.4 Å². The number of benzene rings is 2. The van der Waals surface area contributed by atoms with Crippen LogP contribution in [0.25, 0.3) is 11.0 Å². The number of fused-ring (bicyclic) bond motifs is 3. The highest BCUT2D eigenvalue weighted by atomic mass is 16.5. The predicted molar refractivity (Wildman–Crippen MR) is 183 cm³/mol. The molecule has 4 atom stereocenters. The first-order valence-corrected chi connectivity index (χ1v) is 16.6. The summed E-state index contributed by atoms with van der Waals surface area (Å²) in [4.78, 5) is 71.0. The number of likely N-dealkylation sites (N-methyl/N-ethyl adjacent to an activating group) is 1. The number of carbonyl (C=O) groups is 5. The van der Waals surface area contributed by atoms with E-state index in [9.17, 15) is 24.0 Å². The second-order valence-electron chi connectivity index (χ2n) is 13.1. The van der Waals surface area contributed by atoms with Gasteiger partial charge in [0.15, 0.2) is 23.2 Å². The van der Waals surface area contributed by atoms with Gasteiger partial charge in [0, 0.05) is 37.5 Å². The normalized spacial score (nSPS) is 22.4. The minimum Gasteiger partial charge on any atom is -0.493 e. The molecule has 14 nitrogen and oxygen atoms in total. The lowest BCUT2D eigenvalue weighted by atomic mass is 10.0. The van der Waals surface area contributed by atoms with Gasteiger partial charge in [0.1, 0.15) is 12.1 Å². The van der Waals surface area contributed by atoms with Gasteiger partial charge in [-0.05, 0) is 37.0 Å². The van der Waals surface area contributed by atoms with Gasteiger partial charge in [-0.2, -0.15) is 0 Å². The minimum atomic E-state index is -1.19. The van der Waals surface area contributed by atoms with Crippen molar-refractivity contribution in [2.24, 2.45) is 5.92 Å². The maximum absolute atomic E-state index is 14.2. The van der Waals surface area contributed by atoms with Crippen LogP contribution in [0.1, 0.15) is 41.9 Å². The van der Waals surface area contributed by atoms with E-state index in [0.29, 0.717) is 34.5 Å². The molecule has 268 valence electrons. The quantitative estimate of drug-likeness (QED) is 0.335. The van der Waals surface area contributed by atoms with Crippen LogP contribution in [-0.4, -0.2) is 111 Å². The zero-order valence-corrected chi connectivity index (χ0v) is 29.2. The van der Waals surface area contributed by atoms with Gasteiger partial charge in [0.2, 0.25) is 23.5 Å². The van der Waals surface area contributed by atoms with Crippen molar-refractivity contribution >= 4 is 40.5 Å². The SMILES string of the molecule is COc1ccc2c(C)c(C(=O)N3C[C@H]4CNC(=O)[C@H](CC(C)C)NC(=O)CN(C)C(=O)[C@@H](Cc5ccccc5)NC(=O)[C@@H](C3)O4)oc2c1OC. The van der Waals surface area contributed by atoms with Gasteiger partial charge >= 0.3 is 0 Å². The molecule has 0 spiro atoms. The fourth-order valence-electron chi connectivity index (χ4n) is 6.36. The third kappa shape index (κ3) is 8.02. The zero-order valence-electron chi connectivity index (χ0n) is 29.2. The highest BCUT2D eigenvalue weighted by Crippen LogP contribution is 2.39. The third-order valence-corrected chi connectivity index (χ3v) is 8.91. The lowest BCUT2D eigenvalue weighted by Gasteiger charge is -2.38. The van der Waals surface area contributed by atoms with Crippen LogP contribution in [0.5, 0.6) is 11.5 Å². The maximum atomic E-state index is 14.2. The van der Waals surface area contributed by atoms with Crippen molar-refractivity contribution in [3.63, 3.8) is 0 Å². The molecule has 2 fully saturated rings.